The third-order valence-electron chi connectivity index (χ3n) is 5.40. The Kier molecular flexibility index (Phi) is 6.51. The number of nitrogens with zero attached hydrogens (tertiary/aromatic N) is 2. The number of ether oxygens (including phenoxy) is 1. The highest BCUT2D eigenvalue weighted by Crippen LogP contribution is 2.44. The Hall–Kier alpha value is -3.20. The summed E-state index contributed by atoms with van der Waals surface area (Å²) in [6, 6.07) is 13.3. The van der Waals surface area contributed by atoms with Gasteiger partial charge in [-0.15, -0.1) is 0 Å². The first-order valence-electron chi connectivity index (χ1n) is 10.4. The van der Waals surface area contributed by atoms with Crippen molar-refractivity contribution < 1.29 is 22.7 Å². The van der Waals surface area contributed by atoms with Gasteiger partial charge in [-0.05, 0) is 24.6 Å². The first kappa shape index (κ1) is 23.0. The largest absolute Gasteiger partial charge is 0.487 e. The van der Waals surface area contributed by atoms with E-state index in [0.29, 0.717) is 16.3 Å². The summed E-state index contributed by atoms with van der Waals surface area (Å²) in [5.41, 5.74) is 0.738. The summed E-state index contributed by atoms with van der Waals surface area (Å²) in [4.78, 5) is 12.8. The predicted molar refractivity (Wildman–Crippen MR) is 119 cm³/mol. The number of hydrogen-bond acceptors (Lipinski definition) is 4. The molecule has 0 radical (unpaired) electrons. The van der Waals surface area contributed by atoms with E-state index in [2.05, 4.69) is 15.7 Å². The van der Waals surface area contributed by atoms with Crippen molar-refractivity contribution in [2.24, 2.45) is 0 Å². The second kappa shape index (κ2) is 9.35. The number of anilines is 1. The van der Waals surface area contributed by atoms with E-state index in [1.165, 1.54) is 0 Å². The number of carbonyl (C=O) groups excluding carboxylic acids is 1. The minimum absolute atomic E-state index is 0.0367. The molecule has 3 aromatic rings. The van der Waals surface area contributed by atoms with E-state index in [4.69, 9.17) is 16.3 Å². The van der Waals surface area contributed by atoms with Crippen molar-refractivity contribution in [2.75, 3.05) is 11.9 Å². The van der Waals surface area contributed by atoms with E-state index in [9.17, 15) is 18.0 Å². The van der Waals surface area contributed by atoms with Crippen LogP contribution in [0.4, 0.5) is 19.0 Å². The van der Waals surface area contributed by atoms with E-state index in [1.54, 1.807) is 61.5 Å². The van der Waals surface area contributed by atoms with Gasteiger partial charge in [0.1, 0.15) is 23.2 Å². The van der Waals surface area contributed by atoms with E-state index in [-0.39, 0.29) is 24.3 Å². The fourth-order valence-electron chi connectivity index (χ4n) is 3.76. The molecule has 4 rings (SSSR count). The van der Waals surface area contributed by atoms with Gasteiger partial charge >= 0.3 is 6.18 Å². The summed E-state index contributed by atoms with van der Waals surface area (Å²) < 4.78 is 48.0. The molecule has 10 heteroatoms. The first-order valence-corrected chi connectivity index (χ1v) is 10.8. The van der Waals surface area contributed by atoms with Gasteiger partial charge in [0.05, 0.1) is 23.8 Å². The minimum atomic E-state index is -4.51. The molecule has 3 unspecified atom stereocenters. The molecule has 3 atom stereocenters. The van der Waals surface area contributed by atoms with Crippen molar-refractivity contribution in [1.29, 1.82) is 0 Å². The Morgan fingerprint density at radius 2 is 1.94 bits per heavy atom. The highest BCUT2D eigenvalue weighted by Gasteiger charge is 2.47. The quantitative estimate of drug-likeness (QED) is 0.498. The molecular weight excluding hydrogens is 457 g/mol. The molecule has 2 heterocycles. The van der Waals surface area contributed by atoms with Crippen LogP contribution in [0.5, 0.6) is 5.75 Å². The van der Waals surface area contributed by atoms with Gasteiger partial charge in [0.25, 0.3) is 5.91 Å². The zero-order valence-electron chi connectivity index (χ0n) is 17.6. The fourth-order valence-corrected chi connectivity index (χ4v) is 3.94. The third kappa shape index (κ3) is 5.08. The van der Waals surface area contributed by atoms with Crippen molar-refractivity contribution in [2.45, 2.75) is 37.7 Å². The van der Waals surface area contributed by atoms with Crippen molar-refractivity contribution in [3.8, 4) is 5.75 Å². The van der Waals surface area contributed by atoms with Crippen LogP contribution in [0.15, 0.2) is 60.8 Å². The maximum absolute atomic E-state index is 13.8. The van der Waals surface area contributed by atoms with Gasteiger partial charge in [0.15, 0.2) is 6.04 Å². The Morgan fingerprint density at radius 3 is 2.64 bits per heavy atom. The highest BCUT2D eigenvalue weighted by molar-refractivity contribution is 6.32. The van der Waals surface area contributed by atoms with Crippen LogP contribution >= 0.6 is 11.6 Å². The lowest BCUT2D eigenvalue weighted by Crippen LogP contribution is -2.37. The van der Waals surface area contributed by atoms with Crippen LogP contribution in [0.3, 0.4) is 0 Å². The van der Waals surface area contributed by atoms with Crippen molar-refractivity contribution in [3.63, 3.8) is 0 Å². The Bertz CT molecular complexity index is 1120. The third-order valence-corrected chi connectivity index (χ3v) is 5.71. The lowest BCUT2D eigenvalue weighted by molar-refractivity contribution is -0.173. The normalized spacial score (nSPS) is 18.7. The van der Waals surface area contributed by atoms with Crippen LogP contribution in [-0.4, -0.2) is 34.5 Å². The molecule has 0 bridgehead atoms. The van der Waals surface area contributed by atoms with Gasteiger partial charge in [-0.25, -0.2) is 4.68 Å². The van der Waals surface area contributed by atoms with Gasteiger partial charge in [0.2, 0.25) is 0 Å². The Labute approximate surface area is 193 Å². The standard InChI is InChI=1S/C23H22ClF3N4O2/c1-14(33-19-10-6-5-9-17(19)24)12-28-22(32)16-13-29-31-20(23(25,26)27)11-18(30-21(16)31)15-7-3-2-4-8-15/h2-10,13-14,18,20,30H,11-12H2,1H3,(H,28,32). The summed E-state index contributed by atoms with van der Waals surface area (Å²) in [7, 11) is 0. The summed E-state index contributed by atoms with van der Waals surface area (Å²) >= 11 is 6.08. The van der Waals surface area contributed by atoms with Crippen molar-refractivity contribution in [1.82, 2.24) is 15.1 Å². The maximum Gasteiger partial charge on any atom is 0.410 e. The molecule has 174 valence electrons. The summed E-state index contributed by atoms with van der Waals surface area (Å²) in [5.74, 6) is -0.0354. The van der Waals surface area contributed by atoms with Crippen molar-refractivity contribution >= 4 is 23.3 Å². The molecule has 1 aromatic heterocycles. The molecule has 0 saturated carbocycles. The second-order valence-corrected chi connectivity index (χ2v) is 8.23. The van der Waals surface area contributed by atoms with E-state index < -0.39 is 30.3 Å². The topological polar surface area (TPSA) is 68.2 Å². The minimum Gasteiger partial charge on any atom is -0.487 e. The zero-order valence-corrected chi connectivity index (χ0v) is 18.4. The van der Waals surface area contributed by atoms with E-state index >= 15 is 0 Å². The van der Waals surface area contributed by atoms with Crippen LogP contribution in [0, 0.1) is 0 Å². The van der Waals surface area contributed by atoms with Gasteiger partial charge in [-0.2, -0.15) is 18.3 Å². The summed E-state index contributed by atoms with van der Waals surface area (Å²) in [5, 5.41) is 10.1. The smallest absolute Gasteiger partial charge is 0.410 e. The van der Waals surface area contributed by atoms with Crippen LogP contribution in [0.2, 0.25) is 5.02 Å². The van der Waals surface area contributed by atoms with E-state index in [0.717, 1.165) is 10.9 Å². The molecule has 1 aliphatic rings. The van der Waals surface area contributed by atoms with Gasteiger partial charge < -0.3 is 15.4 Å². The molecular formula is C23H22ClF3N4O2. The lowest BCUT2D eigenvalue weighted by atomic mass is 9.96. The number of hydrogen-bond donors (Lipinski definition) is 2. The second-order valence-electron chi connectivity index (χ2n) is 7.82. The lowest BCUT2D eigenvalue weighted by Gasteiger charge is -2.34. The van der Waals surface area contributed by atoms with Crippen LogP contribution < -0.4 is 15.4 Å². The number of nitrogens with one attached hydrogen (secondary N) is 2. The molecule has 33 heavy (non-hydrogen) atoms. The number of amides is 1. The molecule has 1 aliphatic heterocycles. The average Bonchev–Trinajstić information content (AvgIpc) is 3.22. The van der Waals surface area contributed by atoms with Crippen LogP contribution in [-0.2, 0) is 0 Å². The Balaban J connectivity index is 1.51. The molecule has 2 N–H and O–H groups in total. The average molecular weight is 479 g/mol. The van der Waals surface area contributed by atoms with E-state index in [1.807, 2.05) is 0 Å². The SMILES string of the molecule is CC(CNC(=O)c1cnn2c1NC(c1ccccc1)CC2C(F)(F)F)Oc1ccccc1Cl. The monoisotopic (exact) mass is 478 g/mol. The fraction of sp³-hybridized carbons (Fsp3) is 0.304. The molecule has 0 fully saturated rings. The summed E-state index contributed by atoms with van der Waals surface area (Å²) in [6.45, 7) is 1.87. The number of rotatable bonds is 6. The Morgan fingerprint density at radius 1 is 1.24 bits per heavy atom. The van der Waals surface area contributed by atoms with Gasteiger partial charge in [0, 0.05) is 6.42 Å². The molecule has 6 nitrogen and oxygen atoms in total. The highest BCUT2D eigenvalue weighted by atomic mass is 35.5. The van der Waals surface area contributed by atoms with Gasteiger partial charge in [-0.3, -0.25) is 4.79 Å². The molecule has 0 saturated heterocycles. The van der Waals surface area contributed by atoms with Crippen LogP contribution in [0.25, 0.3) is 0 Å². The number of carbonyl (C=O) groups is 1. The molecule has 0 spiro atoms. The number of halogens is 4. The van der Waals surface area contributed by atoms with Crippen LogP contribution in [0.1, 0.15) is 41.3 Å². The van der Waals surface area contributed by atoms with Gasteiger partial charge in [-0.1, -0.05) is 54.1 Å². The predicted octanol–water partition coefficient (Wildman–Crippen LogP) is 5.39. The zero-order chi connectivity index (χ0) is 23.6. The molecule has 2 aromatic carbocycles. The maximum atomic E-state index is 13.8. The number of alkyl halides is 3. The number of para-hydroxylation sites is 1. The molecule has 1 amide bonds. The molecule has 0 aliphatic carbocycles. The number of fused-ring (bicyclic) bond motifs is 1. The number of benzene rings is 2. The number of aromatic nitrogens is 2. The first-order chi connectivity index (χ1) is 15.7. The summed E-state index contributed by atoms with van der Waals surface area (Å²) in [6.07, 6.45) is -4.01. The van der Waals surface area contributed by atoms with Crippen molar-refractivity contribution in [3.05, 3.63) is 76.9 Å².